The summed E-state index contributed by atoms with van der Waals surface area (Å²) in [4.78, 5) is 2.56. The van der Waals surface area contributed by atoms with Crippen molar-refractivity contribution in [3.63, 3.8) is 0 Å². The van der Waals surface area contributed by atoms with E-state index in [2.05, 4.69) is 222 Å². The molecule has 0 unspecified atom stereocenters. The molecule has 0 saturated heterocycles. The monoisotopic (exact) mass is 745 g/mol. The average molecular weight is 746 g/mol. The summed E-state index contributed by atoms with van der Waals surface area (Å²) in [5, 5.41) is 0. The van der Waals surface area contributed by atoms with E-state index in [1.165, 1.54) is 100 Å². The first kappa shape index (κ1) is 34.8. The molecule has 0 bridgehead atoms. The van der Waals surface area contributed by atoms with Gasteiger partial charge in [-0.25, -0.2) is 0 Å². The molecule has 0 saturated carbocycles. The van der Waals surface area contributed by atoms with Crippen molar-refractivity contribution in [1.29, 1.82) is 0 Å². The molecule has 0 atom stereocenters. The lowest BCUT2D eigenvalue weighted by Crippen LogP contribution is -2.21. The molecule has 58 heavy (non-hydrogen) atoms. The summed E-state index contributed by atoms with van der Waals surface area (Å²) in [7, 11) is 0. The first-order valence-corrected chi connectivity index (χ1v) is 20.8. The summed E-state index contributed by atoms with van der Waals surface area (Å²) in [6.45, 7) is 14.3. The Morgan fingerprint density at radius 1 is 0.293 bits per heavy atom. The smallest absolute Gasteiger partial charge is 0.0540 e. The molecule has 3 aliphatic carbocycles. The van der Waals surface area contributed by atoms with Crippen LogP contribution in [0, 0.1) is 0 Å². The van der Waals surface area contributed by atoms with Crippen molar-refractivity contribution in [1.82, 2.24) is 0 Å². The molecule has 0 amide bonds. The molecule has 1 heteroatoms. The molecule has 8 aromatic carbocycles. The second-order valence-corrected chi connectivity index (χ2v) is 18.1. The SMILES string of the molecule is CC1(C)c2ccccc2-c2ccc(-c3ccccc3N(c3cccc(-c4cccc5c4C(C)(C)c4ccccc4-5)c3)c3cccc4c3C(C)(C)c3ccccc3-4)cc21. The maximum Gasteiger partial charge on any atom is 0.0540 e. The van der Waals surface area contributed by atoms with Crippen molar-refractivity contribution in [3.05, 3.63) is 209 Å². The van der Waals surface area contributed by atoms with Crippen molar-refractivity contribution in [2.45, 2.75) is 57.8 Å². The van der Waals surface area contributed by atoms with Gasteiger partial charge in [-0.1, -0.05) is 187 Å². The maximum atomic E-state index is 2.56. The molecular weight excluding hydrogens is 699 g/mol. The van der Waals surface area contributed by atoms with Gasteiger partial charge in [0, 0.05) is 27.5 Å². The third-order valence-corrected chi connectivity index (χ3v) is 13.8. The zero-order valence-corrected chi connectivity index (χ0v) is 34.2. The van der Waals surface area contributed by atoms with Crippen LogP contribution >= 0.6 is 0 Å². The number of anilines is 3. The van der Waals surface area contributed by atoms with Gasteiger partial charge in [-0.05, 0) is 114 Å². The average Bonchev–Trinajstić information content (AvgIpc) is 3.74. The minimum atomic E-state index is -0.202. The van der Waals surface area contributed by atoms with Crippen LogP contribution < -0.4 is 4.90 Å². The largest absolute Gasteiger partial charge is 0.310 e. The fraction of sp³-hybridized carbons (Fsp3) is 0.158. The summed E-state index contributed by atoms with van der Waals surface area (Å²) < 4.78 is 0. The van der Waals surface area contributed by atoms with Gasteiger partial charge in [0.15, 0.2) is 0 Å². The van der Waals surface area contributed by atoms with Crippen molar-refractivity contribution in [2.24, 2.45) is 0 Å². The van der Waals surface area contributed by atoms with Crippen LogP contribution in [0.4, 0.5) is 17.1 Å². The Morgan fingerprint density at radius 2 is 0.741 bits per heavy atom. The van der Waals surface area contributed by atoms with E-state index in [0.29, 0.717) is 0 Å². The Morgan fingerprint density at radius 3 is 1.43 bits per heavy atom. The van der Waals surface area contributed by atoms with E-state index in [4.69, 9.17) is 0 Å². The third kappa shape index (κ3) is 4.77. The fourth-order valence-corrected chi connectivity index (χ4v) is 11.1. The van der Waals surface area contributed by atoms with Gasteiger partial charge in [-0.15, -0.1) is 0 Å². The van der Waals surface area contributed by atoms with Gasteiger partial charge in [-0.3, -0.25) is 0 Å². The van der Waals surface area contributed by atoms with Gasteiger partial charge in [-0.2, -0.15) is 0 Å². The van der Waals surface area contributed by atoms with Gasteiger partial charge in [0.25, 0.3) is 0 Å². The first-order chi connectivity index (χ1) is 28.1. The standard InChI is InChI=1S/C57H47N/c1-55(2)47-27-11-7-21-41(47)44-33-32-37(35-50(44)55)39-20-10-14-30-51(39)58(52-31-17-26-46-43-23-9-13-29-49(43)57(5,6)54(46)52)38-19-15-18-36(34-38)40-24-16-25-45-42-22-8-12-28-48(42)56(3,4)53(40)45/h7-35H,1-6H3. The van der Waals surface area contributed by atoms with Crippen LogP contribution in [0.25, 0.3) is 55.6 Å². The van der Waals surface area contributed by atoms with Gasteiger partial charge in [0.2, 0.25) is 0 Å². The molecule has 0 N–H and O–H groups in total. The Balaban J connectivity index is 1.14. The highest BCUT2D eigenvalue weighted by atomic mass is 15.1. The van der Waals surface area contributed by atoms with Crippen LogP contribution in [0.5, 0.6) is 0 Å². The van der Waals surface area contributed by atoms with E-state index in [1.807, 2.05) is 0 Å². The van der Waals surface area contributed by atoms with Crippen LogP contribution in [0.2, 0.25) is 0 Å². The van der Waals surface area contributed by atoms with Gasteiger partial charge in [0.05, 0.1) is 11.4 Å². The maximum absolute atomic E-state index is 2.56. The van der Waals surface area contributed by atoms with E-state index in [1.54, 1.807) is 0 Å². The molecule has 0 heterocycles. The van der Waals surface area contributed by atoms with Crippen molar-refractivity contribution in [3.8, 4) is 55.6 Å². The molecule has 11 rings (SSSR count). The fourth-order valence-electron chi connectivity index (χ4n) is 11.1. The van der Waals surface area contributed by atoms with E-state index < -0.39 is 0 Å². The molecule has 0 radical (unpaired) electrons. The topological polar surface area (TPSA) is 3.24 Å². The second kappa shape index (κ2) is 12.3. The highest BCUT2D eigenvalue weighted by Gasteiger charge is 2.41. The zero-order valence-electron chi connectivity index (χ0n) is 34.2. The van der Waals surface area contributed by atoms with Crippen molar-refractivity contribution in [2.75, 3.05) is 4.90 Å². The lowest BCUT2D eigenvalue weighted by molar-refractivity contribution is 0.660. The number of rotatable bonds is 5. The lowest BCUT2D eigenvalue weighted by atomic mass is 9.79. The molecule has 8 aromatic rings. The van der Waals surface area contributed by atoms with E-state index in [9.17, 15) is 0 Å². The molecule has 1 nitrogen and oxygen atoms in total. The molecule has 0 fully saturated rings. The summed E-state index contributed by atoms with van der Waals surface area (Å²) in [6, 6.07) is 66.2. The minimum absolute atomic E-state index is 0.0929. The highest BCUT2D eigenvalue weighted by Crippen LogP contribution is 2.57. The van der Waals surface area contributed by atoms with Gasteiger partial charge >= 0.3 is 0 Å². The molecular formula is C57H47N. The van der Waals surface area contributed by atoms with E-state index in [0.717, 1.165) is 5.69 Å². The van der Waals surface area contributed by atoms with Crippen LogP contribution in [0.15, 0.2) is 176 Å². The summed E-state index contributed by atoms with van der Waals surface area (Å²) in [5.74, 6) is 0. The number of fused-ring (bicyclic) bond motifs is 9. The van der Waals surface area contributed by atoms with Crippen LogP contribution in [-0.2, 0) is 16.2 Å². The normalized spacial score (nSPS) is 15.5. The Bertz CT molecular complexity index is 2990. The Hall–Kier alpha value is -6.44. The highest BCUT2D eigenvalue weighted by molar-refractivity contribution is 5.96. The quantitative estimate of drug-likeness (QED) is 0.170. The Labute approximate surface area is 343 Å². The molecule has 0 aromatic heterocycles. The zero-order chi connectivity index (χ0) is 39.6. The molecule has 0 spiro atoms. The van der Waals surface area contributed by atoms with Crippen LogP contribution in [0.3, 0.4) is 0 Å². The molecule has 3 aliphatic rings. The third-order valence-electron chi connectivity index (χ3n) is 13.8. The number of para-hydroxylation sites is 1. The first-order valence-electron chi connectivity index (χ1n) is 20.8. The van der Waals surface area contributed by atoms with Crippen LogP contribution in [-0.4, -0.2) is 0 Å². The summed E-state index contributed by atoms with van der Waals surface area (Å²) >= 11 is 0. The number of hydrogen-bond acceptors (Lipinski definition) is 1. The molecule has 280 valence electrons. The summed E-state index contributed by atoms with van der Waals surface area (Å²) in [5.41, 5.74) is 24.4. The van der Waals surface area contributed by atoms with E-state index in [-0.39, 0.29) is 16.2 Å². The van der Waals surface area contributed by atoms with E-state index >= 15 is 0 Å². The number of nitrogens with zero attached hydrogens (tertiary/aromatic N) is 1. The predicted molar refractivity (Wildman–Crippen MR) is 245 cm³/mol. The predicted octanol–water partition coefficient (Wildman–Crippen LogP) is 15.4. The van der Waals surface area contributed by atoms with Gasteiger partial charge in [0.1, 0.15) is 0 Å². The number of hydrogen-bond donors (Lipinski definition) is 0. The molecule has 0 aliphatic heterocycles. The lowest BCUT2D eigenvalue weighted by Gasteiger charge is -2.34. The van der Waals surface area contributed by atoms with Gasteiger partial charge < -0.3 is 4.90 Å². The second-order valence-electron chi connectivity index (χ2n) is 18.1. The minimum Gasteiger partial charge on any atom is -0.310 e. The van der Waals surface area contributed by atoms with Crippen LogP contribution in [0.1, 0.15) is 74.9 Å². The summed E-state index contributed by atoms with van der Waals surface area (Å²) in [6.07, 6.45) is 0. The number of benzene rings is 8. The van der Waals surface area contributed by atoms with Crippen molar-refractivity contribution < 1.29 is 0 Å². The Kier molecular flexibility index (Phi) is 7.36. The van der Waals surface area contributed by atoms with Crippen molar-refractivity contribution >= 4 is 17.1 Å².